The van der Waals surface area contributed by atoms with Gasteiger partial charge >= 0.3 is 5.97 Å². The predicted octanol–water partition coefficient (Wildman–Crippen LogP) is 1.56. The van der Waals surface area contributed by atoms with Gasteiger partial charge < -0.3 is 15.7 Å². The van der Waals surface area contributed by atoms with Crippen molar-refractivity contribution in [1.82, 2.24) is 10.6 Å². The molecule has 150 valence electrons. The van der Waals surface area contributed by atoms with E-state index in [1.54, 1.807) is 24.3 Å². The molecule has 0 aromatic heterocycles. The van der Waals surface area contributed by atoms with E-state index in [0.29, 0.717) is 16.7 Å². The molecule has 0 spiro atoms. The first-order valence-electron chi connectivity index (χ1n) is 8.83. The van der Waals surface area contributed by atoms with Crippen molar-refractivity contribution < 1.29 is 23.9 Å². The van der Waals surface area contributed by atoms with E-state index < -0.39 is 35.7 Å². The van der Waals surface area contributed by atoms with Gasteiger partial charge in [-0.2, -0.15) is 5.26 Å². The number of carboxylic acids is 1. The second kappa shape index (κ2) is 9.99. The van der Waals surface area contributed by atoms with Gasteiger partial charge in [-0.1, -0.05) is 30.3 Å². The second-order valence-electron chi connectivity index (χ2n) is 6.46. The molecule has 29 heavy (non-hydrogen) atoms. The molecule has 0 aliphatic carbocycles. The maximum atomic E-state index is 13.1. The topological polar surface area (TPSA) is 119 Å². The Kier molecular flexibility index (Phi) is 7.43. The molecule has 7 nitrogen and oxygen atoms in total. The van der Waals surface area contributed by atoms with Crippen LogP contribution in [-0.2, 0) is 27.2 Å². The minimum atomic E-state index is -1.29. The monoisotopic (exact) mass is 397 g/mol. The summed E-state index contributed by atoms with van der Waals surface area (Å²) in [6.07, 6.45) is -0.0268. The van der Waals surface area contributed by atoms with E-state index in [9.17, 15) is 23.9 Å². The number of carbonyl (C=O) groups is 3. The van der Waals surface area contributed by atoms with Crippen molar-refractivity contribution in [3.8, 4) is 6.07 Å². The summed E-state index contributed by atoms with van der Waals surface area (Å²) in [5.41, 5.74) is 1.40. The molecule has 0 aliphatic heterocycles. The molecule has 0 saturated carbocycles. The standard InChI is InChI=1S/C21H20FN3O4/c1-13(26)24-18(10-14-6-8-17(22)9-7-14)20(27)25-19(21(28)29)11-15-4-2-3-5-16(15)12-23/h2-9,18-19H,10-11H2,1H3,(H,24,26)(H,25,27)(H,28,29)/t18-,19-/m1/s1. The second-order valence-corrected chi connectivity index (χ2v) is 6.46. The third kappa shape index (κ3) is 6.43. The molecule has 0 aliphatic rings. The Morgan fingerprint density at radius 1 is 1.03 bits per heavy atom. The summed E-state index contributed by atoms with van der Waals surface area (Å²) in [5, 5.41) is 23.6. The SMILES string of the molecule is CC(=O)N[C@H](Cc1ccc(F)cc1)C(=O)N[C@H](Cc1ccccc1C#N)C(=O)O. The number of halogens is 1. The molecule has 0 bridgehead atoms. The number of nitriles is 1. The normalized spacial score (nSPS) is 12.3. The van der Waals surface area contributed by atoms with Crippen molar-refractivity contribution in [1.29, 1.82) is 5.26 Å². The quantitative estimate of drug-likeness (QED) is 0.624. The fraction of sp³-hybridized carbons (Fsp3) is 0.238. The van der Waals surface area contributed by atoms with Crippen LogP contribution in [0, 0.1) is 17.1 Å². The first-order chi connectivity index (χ1) is 13.8. The molecular formula is C21H20FN3O4. The van der Waals surface area contributed by atoms with Gasteiger partial charge in [-0.25, -0.2) is 9.18 Å². The van der Waals surface area contributed by atoms with E-state index in [1.807, 2.05) is 6.07 Å². The number of carbonyl (C=O) groups excluding carboxylic acids is 2. The van der Waals surface area contributed by atoms with E-state index in [4.69, 9.17) is 5.26 Å². The maximum absolute atomic E-state index is 13.1. The minimum Gasteiger partial charge on any atom is -0.480 e. The van der Waals surface area contributed by atoms with Crippen molar-refractivity contribution >= 4 is 17.8 Å². The van der Waals surface area contributed by atoms with E-state index in [2.05, 4.69) is 10.6 Å². The van der Waals surface area contributed by atoms with Crippen LogP contribution in [0.3, 0.4) is 0 Å². The van der Waals surface area contributed by atoms with Crippen LogP contribution in [0.2, 0.25) is 0 Å². The fourth-order valence-electron chi connectivity index (χ4n) is 2.81. The van der Waals surface area contributed by atoms with Gasteiger partial charge in [-0.3, -0.25) is 9.59 Å². The lowest BCUT2D eigenvalue weighted by atomic mass is 10.00. The number of hydrogen-bond acceptors (Lipinski definition) is 4. The van der Waals surface area contributed by atoms with E-state index in [-0.39, 0.29) is 12.8 Å². The Labute approximate surface area is 167 Å². The lowest BCUT2D eigenvalue weighted by Crippen LogP contribution is -2.52. The summed E-state index contributed by atoms with van der Waals surface area (Å²) in [5.74, 6) is -2.86. The van der Waals surface area contributed by atoms with Crippen LogP contribution in [0.4, 0.5) is 4.39 Å². The lowest BCUT2D eigenvalue weighted by Gasteiger charge is -2.21. The van der Waals surface area contributed by atoms with Gasteiger partial charge in [0.05, 0.1) is 11.6 Å². The van der Waals surface area contributed by atoms with Crippen molar-refractivity contribution in [2.24, 2.45) is 0 Å². The van der Waals surface area contributed by atoms with Crippen LogP contribution in [0.15, 0.2) is 48.5 Å². The van der Waals surface area contributed by atoms with Crippen LogP contribution in [0.25, 0.3) is 0 Å². The molecule has 0 heterocycles. The summed E-state index contributed by atoms with van der Waals surface area (Å²) >= 11 is 0. The summed E-state index contributed by atoms with van der Waals surface area (Å²) in [6.45, 7) is 1.24. The fourth-order valence-corrected chi connectivity index (χ4v) is 2.81. The first kappa shape index (κ1) is 21.6. The van der Waals surface area contributed by atoms with Crippen LogP contribution < -0.4 is 10.6 Å². The number of nitrogens with zero attached hydrogens (tertiary/aromatic N) is 1. The van der Waals surface area contributed by atoms with Gasteiger partial charge in [0.25, 0.3) is 0 Å². The number of aliphatic carboxylic acids is 1. The van der Waals surface area contributed by atoms with Gasteiger partial charge in [0, 0.05) is 19.8 Å². The Hall–Kier alpha value is -3.73. The maximum Gasteiger partial charge on any atom is 0.326 e. The van der Waals surface area contributed by atoms with Gasteiger partial charge in [0.2, 0.25) is 11.8 Å². The summed E-state index contributed by atoms with van der Waals surface area (Å²) < 4.78 is 13.1. The minimum absolute atomic E-state index is 0.0623. The first-order valence-corrected chi connectivity index (χ1v) is 8.83. The third-order valence-corrected chi connectivity index (χ3v) is 4.22. The molecule has 2 aromatic rings. The van der Waals surface area contributed by atoms with Gasteiger partial charge in [-0.05, 0) is 29.3 Å². The molecule has 0 saturated heterocycles. The summed E-state index contributed by atoms with van der Waals surface area (Å²) in [7, 11) is 0. The highest BCUT2D eigenvalue weighted by molar-refractivity contribution is 5.90. The number of benzene rings is 2. The van der Waals surface area contributed by atoms with Gasteiger partial charge in [0.1, 0.15) is 17.9 Å². The molecule has 2 aromatic carbocycles. The number of hydrogen-bond donors (Lipinski definition) is 3. The molecule has 8 heteroatoms. The zero-order valence-corrected chi connectivity index (χ0v) is 15.7. The van der Waals surface area contributed by atoms with Gasteiger partial charge in [-0.15, -0.1) is 0 Å². The summed E-state index contributed by atoms with van der Waals surface area (Å²) in [6, 6.07) is 11.6. The van der Waals surface area contributed by atoms with E-state index >= 15 is 0 Å². The number of amides is 2. The van der Waals surface area contributed by atoms with Crippen molar-refractivity contribution in [2.75, 3.05) is 0 Å². The highest BCUT2D eigenvalue weighted by Gasteiger charge is 2.27. The Balaban J connectivity index is 2.17. The summed E-state index contributed by atoms with van der Waals surface area (Å²) in [4.78, 5) is 35.8. The Bertz CT molecular complexity index is 938. The molecule has 0 unspecified atom stereocenters. The average molecular weight is 397 g/mol. The highest BCUT2D eigenvalue weighted by Crippen LogP contribution is 2.11. The molecule has 2 rings (SSSR count). The third-order valence-electron chi connectivity index (χ3n) is 4.22. The molecule has 0 fully saturated rings. The largest absolute Gasteiger partial charge is 0.480 e. The van der Waals surface area contributed by atoms with E-state index in [0.717, 1.165) is 0 Å². The van der Waals surface area contributed by atoms with Crippen molar-refractivity contribution in [3.05, 3.63) is 71.0 Å². The molecular weight excluding hydrogens is 377 g/mol. The Morgan fingerprint density at radius 3 is 2.28 bits per heavy atom. The van der Waals surface area contributed by atoms with Crippen LogP contribution in [-0.4, -0.2) is 35.0 Å². The van der Waals surface area contributed by atoms with Crippen LogP contribution >= 0.6 is 0 Å². The zero-order valence-electron chi connectivity index (χ0n) is 15.7. The number of nitrogens with one attached hydrogen (secondary N) is 2. The van der Waals surface area contributed by atoms with Crippen LogP contribution in [0.5, 0.6) is 0 Å². The van der Waals surface area contributed by atoms with Gasteiger partial charge in [0.15, 0.2) is 0 Å². The Morgan fingerprint density at radius 2 is 1.69 bits per heavy atom. The van der Waals surface area contributed by atoms with Crippen molar-refractivity contribution in [3.63, 3.8) is 0 Å². The number of rotatable bonds is 8. The van der Waals surface area contributed by atoms with Crippen LogP contribution in [0.1, 0.15) is 23.6 Å². The van der Waals surface area contributed by atoms with E-state index in [1.165, 1.54) is 31.2 Å². The molecule has 0 radical (unpaired) electrons. The molecule has 2 atom stereocenters. The number of carboxylic acid groups (broad SMARTS) is 1. The smallest absolute Gasteiger partial charge is 0.326 e. The lowest BCUT2D eigenvalue weighted by molar-refractivity contribution is -0.142. The average Bonchev–Trinajstić information content (AvgIpc) is 2.68. The molecule has 3 N–H and O–H groups in total. The molecule has 2 amide bonds. The van der Waals surface area contributed by atoms with Crippen molar-refractivity contribution in [2.45, 2.75) is 31.8 Å². The zero-order chi connectivity index (χ0) is 21.4. The predicted molar refractivity (Wildman–Crippen MR) is 102 cm³/mol. The highest BCUT2D eigenvalue weighted by atomic mass is 19.1.